The highest BCUT2D eigenvalue weighted by Gasteiger charge is 2.49. The van der Waals surface area contributed by atoms with E-state index in [1.165, 1.54) is 19.1 Å². The molecule has 1 heterocycles. The van der Waals surface area contributed by atoms with Gasteiger partial charge in [-0.3, -0.25) is 14.4 Å². The van der Waals surface area contributed by atoms with E-state index in [0.29, 0.717) is 41.2 Å². The number of carboxylic acid groups (broad SMARTS) is 1. The van der Waals surface area contributed by atoms with E-state index in [2.05, 4.69) is 9.97 Å². The zero-order valence-electron chi connectivity index (χ0n) is 15.3. The Morgan fingerprint density at radius 3 is 2.48 bits per heavy atom. The molecule has 2 aromatic rings. The number of methoxy groups -OCH3 is 2. The number of hydrogen-bond acceptors (Lipinski definition) is 6. The number of fused-ring (bicyclic) bond motifs is 1. The molecule has 0 bridgehead atoms. The minimum absolute atomic E-state index is 0.0949. The van der Waals surface area contributed by atoms with Crippen molar-refractivity contribution in [1.82, 2.24) is 14.9 Å². The third-order valence-corrected chi connectivity index (χ3v) is 4.72. The van der Waals surface area contributed by atoms with Crippen molar-refractivity contribution in [3.05, 3.63) is 28.3 Å². The van der Waals surface area contributed by atoms with Crippen LogP contribution in [-0.4, -0.2) is 52.6 Å². The topological polar surface area (TPSA) is 122 Å². The molecule has 2 N–H and O–H groups in total. The normalized spacial score (nSPS) is 18.2. The summed E-state index contributed by atoms with van der Waals surface area (Å²) in [7, 11) is 2.97. The molecule has 9 nitrogen and oxygen atoms in total. The molecule has 1 aliphatic carbocycles. The third kappa shape index (κ3) is 3.57. The Hall–Kier alpha value is -3.10. The molecule has 144 valence electrons. The number of ether oxygens (including phenoxy) is 2. The highest BCUT2D eigenvalue weighted by molar-refractivity contribution is 5.89. The zero-order chi connectivity index (χ0) is 19.7. The van der Waals surface area contributed by atoms with E-state index in [9.17, 15) is 14.4 Å². The molecule has 0 unspecified atom stereocenters. The summed E-state index contributed by atoms with van der Waals surface area (Å²) in [6.45, 7) is 2.27. The molecule has 3 rings (SSSR count). The van der Waals surface area contributed by atoms with Gasteiger partial charge < -0.3 is 24.5 Å². The Balaban J connectivity index is 1.89. The van der Waals surface area contributed by atoms with E-state index in [1.807, 2.05) is 0 Å². The summed E-state index contributed by atoms with van der Waals surface area (Å²) in [5.41, 5.74) is 0.0685. The second kappa shape index (κ2) is 7.26. The van der Waals surface area contributed by atoms with Crippen molar-refractivity contribution in [2.24, 2.45) is 11.8 Å². The summed E-state index contributed by atoms with van der Waals surface area (Å²) in [5.74, 6) is -1.13. The average Bonchev–Trinajstić information content (AvgIpc) is 3.45. The second-order valence-electron chi connectivity index (χ2n) is 6.38. The monoisotopic (exact) mass is 375 g/mol. The van der Waals surface area contributed by atoms with E-state index in [0.717, 1.165) is 0 Å². The number of nitrogens with zero attached hydrogens (tertiary/aromatic N) is 2. The van der Waals surface area contributed by atoms with Crippen LogP contribution < -0.4 is 15.0 Å². The molecule has 1 aromatic carbocycles. The summed E-state index contributed by atoms with van der Waals surface area (Å²) in [5, 5.41) is 9.36. The largest absolute Gasteiger partial charge is 0.493 e. The lowest BCUT2D eigenvalue weighted by Gasteiger charge is -2.20. The lowest BCUT2D eigenvalue weighted by Crippen LogP contribution is -2.33. The summed E-state index contributed by atoms with van der Waals surface area (Å²) in [6, 6.07) is 3.15. The molecule has 0 spiro atoms. The van der Waals surface area contributed by atoms with Crippen LogP contribution in [0.4, 0.5) is 0 Å². The molecule has 1 amide bonds. The van der Waals surface area contributed by atoms with E-state index in [4.69, 9.17) is 14.6 Å². The lowest BCUT2D eigenvalue weighted by atomic mass is 10.2. The van der Waals surface area contributed by atoms with Crippen molar-refractivity contribution in [3.63, 3.8) is 0 Å². The number of nitrogens with one attached hydrogen (secondary N) is 1. The van der Waals surface area contributed by atoms with E-state index in [-0.39, 0.29) is 18.0 Å². The van der Waals surface area contributed by atoms with Gasteiger partial charge in [0.25, 0.3) is 5.56 Å². The van der Waals surface area contributed by atoms with Gasteiger partial charge in [-0.05, 0) is 19.4 Å². The van der Waals surface area contributed by atoms with Gasteiger partial charge in [-0.2, -0.15) is 0 Å². The molecular formula is C18H21N3O6. The Labute approximate surface area is 154 Å². The number of H-pyrrole nitrogens is 1. The molecule has 1 saturated carbocycles. The molecular weight excluding hydrogens is 354 g/mol. The minimum atomic E-state index is -0.956. The number of amides is 1. The Bertz CT molecular complexity index is 954. The molecule has 1 fully saturated rings. The van der Waals surface area contributed by atoms with Gasteiger partial charge in [-0.25, -0.2) is 4.98 Å². The van der Waals surface area contributed by atoms with Crippen LogP contribution in [0.3, 0.4) is 0 Å². The molecule has 0 saturated heterocycles. The van der Waals surface area contributed by atoms with Crippen LogP contribution in [0.5, 0.6) is 11.5 Å². The van der Waals surface area contributed by atoms with Crippen LogP contribution in [0.15, 0.2) is 16.9 Å². The Morgan fingerprint density at radius 1 is 1.26 bits per heavy atom. The van der Waals surface area contributed by atoms with E-state index >= 15 is 0 Å². The molecule has 1 aromatic heterocycles. The van der Waals surface area contributed by atoms with Crippen molar-refractivity contribution in [1.29, 1.82) is 0 Å². The average molecular weight is 375 g/mol. The van der Waals surface area contributed by atoms with Gasteiger partial charge in [0, 0.05) is 12.6 Å². The maximum atomic E-state index is 12.5. The quantitative estimate of drug-likeness (QED) is 0.740. The van der Waals surface area contributed by atoms with Gasteiger partial charge in [0.05, 0.1) is 43.5 Å². The van der Waals surface area contributed by atoms with Gasteiger partial charge in [0.2, 0.25) is 5.91 Å². The van der Waals surface area contributed by atoms with Crippen LogP contribution in [0.2, 0.25) is 0 Å². The molecule has 1 aliphatic rings. The number of carbonyl (C=O) groups excluding carboxylic acids is 1. The van der Waals surface area contributed by atoms with Crippen molar-refractivity contribution < 1.29 is 24.2 Å². The van der Waals surface area contributed by atoms with Crippen molar-refractivity contribution in [2.75, 3.05) is 20.8 Å². The zero-order valence-corrected chi connectivity index (χ0v) is 15.3. The molecule has 27 heavy (non-hydrogen) atoms. The first-order chi connectivity index (χ1) is 12.9. The molecule has 0 radical (unpaired) electrons. The van der Waals surface area contributed by atoms with Gasteiger partial charge in [0.1, 0.15) is 5.82 Å². The fraction of sp³-hybridized carbons (Fsp3) is 0.444. The first kappa shape index (κ1) is 18.7. The predicted octanol–water partition coefficient (Wildman–Crippen LogP) is 1.01. The molecule has 9 heteroatoms. The first-order valence-corrected chi connectivity index (χ1v) is 8.56. The predicted molar refractivity (Wildman–Crippen MR) is 95.8 cm³/mol. The smallest absolute Gasteiger partial charge is 0.307 e. The standard InChI is InChI=1S/C18H21N3O6/c1-4-21(17(23)9-5-10(9)18(24)25)8-15-19-12-7-14(27-3)13(26-2)6-11(12)16(22)20-15/h6-7,9-10H,4-5,8H2,1-3H3,(H,24,25)(H,19,20,22)/t9-,10-/m1/s1. The maximum Gasteiger partial charge on any atom is 0.307 e. The first-order valence-electron chi connectivity index (χ1n) is 8.56. The molecule has 2 atom stereocenters. The van der Waals surface area contributed by atoms with Crippen molar-refractivity contribution in [3.8, 4) is 11.5 Å². The van der Waals surface area contributed by atoms with Gasteiger partial charge >= 0.3 is 5.97 Å². The number of rotatable bonds is 7. The lowest BCUT2D eigenvalue weighted by molar-refractivity contribution is -0.142. The fourth-order valence-corrected chi connectivity index (χ4v) is 3.09. The van der Waals surface area contributed by atoms with E-state index in [1.54, 1.807) is 19.1 Å². The van der Waals surface area contributed by atoms with E-state index < -0.39 is 17.8 Å². The van der Waals surface area contributed by atoms with Crippen LogP contribution >= 0.6 is 0 Å². The summed E-state index contributed by atoms with van der Waals surface area (Å²) in [4.78, 5) is 44.5. The number of aromatic nitrogens is 2. The van der Waals surface area contributed by atoms with Crippen LogP contribution in [0, 0.1) is 11.8 Å². The van der Waals surface area contributed by atoms with Crippen molar-refractivity contribution >= 4 is 22.8 Å². The highest BCUT2D eigenvalue weighted by atomic mass is 16.5. The van der Waals surface area contributed by atoms with Crippen LogP contribution in [0.1, 0.15) is 19.2 Å². The number of carboxylic acids is 1. The number of hydrogen-bond donors (Lipinski definition) is 2. The SMILES string of the molecule is CCN(Cc1nc2cc(OC)c(OC)cc2c(=O)[nH]1)C(=O)[C@@H]1C[C@H]1C(=O)O. The number of aromatic amines is 1. The molecule has 0 aliphatic heterocycles. The van der Waals surface area contributed by atoms with Gasteiger partial charge in [-0.1, -0.05) is 0 Å². The summed E-state index contributed by atoms with van der Waals surface area (Å²) >= 11 is 0. The third-order valence-electron chi connectivity index (χ3n) is 4.72. The fourth-order valence-electron chi connectivity index (χ4n) is 3.09. The Kier molecular flexibility index (Phi) is 5.02. The summed E-state index contributed by atoms with van der Waals surface area (Å²) < 4.78 is 10.4. The Morgan fingerprint density at radius 2 is 1.93 bits per heavy atom. The van der Waals surface area contributed by atoms with Crippen LogP contribution in [-0.2, 0) is 16.1 Å². The summed E-state index contributed by atoms with van der Waals surface area (Å²) in [6.07, 6.45) is 0.351. The van der Waals surface area contributed by atoms with Crippen molar-refractivity contribution in [2.45, 2.75) is 19.9 Å². The number of carbonyl (C=O) groups is 2. The second-order valence-corrected chi connectivity index (χ2v) is 6.38. The van der Waals surface area contributed by atoms with Gasteiger partial charge in [0.15, 0.2) is 11.5 Å². The van der Waals surface area contributed by atoms with Crippen LogP contribution in [0.25, 0.3) is 10.9 Å². The highest BCUT2D eigenvalue weighted by Crippen LogP contribution is 2.40. The number of benzene rings is 1. The van der Waals surface area contributed by atoms with Gasteiger partial charge in [-0.15, -0.1) is 0 Å². The minimum Gasteiger partial charge on any atom is -0.493 e. The maximum absolute atomic E-state index is 12.5. The number of aliphatic carboxylic acids is 1.